The molecule has 0 N–H and O–H groups in total. The van der Waals surface area contributed by atoms with E-state index in [-0.39, 0.29) is 16.8 Å². The summed E-state index contributed by atoms with van der Waals surface area (Å²) in [6.45, 7) is 2.33. The summed E-state index contributed by atoms with van der Waals surface area (Å²) in [5, 5.41) is 1.09. The molecule has 1 aliphatic rings. The van der Waals surface area contributed by atoms with Crippen molar-refractivity contribution in [2.45, 2.75) is 23.8 Å². The smallest absolute Gasteiger partial charge is 0.319 e. The second-order valence-electron chi connectivity index (χ2n) is 6.05. The Morgan fingerprint density at radius 1 is 1.23 bits per heavy atom. The van der Waals surface area contributed by atoms with E-state index in [1.165, 1.54) is 11.8 Å². The van der Waals surface area contributed by atoms with Gasteiger partial charge < -0.3 is 4.74 Å². The summed E-state index contributed by atoms with van der Waals surface area (Å²) in [6, 6.07) is 12.6. The third-order valence-electron chi connectivity index (χ3n) is 4.29. The zero-order valence-corrected chi connectivity index (χ0v) is 15.5. The number of carbonyl (C=O) groups excluding carboxylic acids is 1. The minimum atomic E-state index is -0.367. The SMILES string of the molecule is Cc1ccccc1-n1c(S[C@@H]2CCOC2=O)nc2cc(Cl)ccc2c1=O. The zero-order chi connectivity index (χ0) is 18.3. The van der Waals surface area contributed by atoms with Crippen LogP contribution in [0.4, 0.5) is 0 Å². The first-order valence-corrected chi connectivity index (χ1v) is 9.42. The van der Waals surface area contributed by atoms with Crippen LogP contribution in [0.5, 0.6) is 0 Å². The number of ether oxygens (including phenoxy) is 1. The van der Waals surface area contributed by atoms with Crippen molar-refractivity contribution in [1.82, 2.24) is 9.55 Å². The quantitative estimate of drug-likeness (QED) is 0.506. The molecule has 0 saturated carbocycles. The van der Waals surface area contributed by atoms with Gasteiger partial charge in [-0.05, 0) is 36.8 Å². The number of cyclic esters (lactones) is 1. The van der Waals surface area contributed by atoms with Gasteiger partial charge in [0, 0.05) is 11.4 Å². The molecular weight excluding hydrogens is 372 g/mol. The first-order chi connectivity index (χ1) is 12.5. The average molecular weight is 387 g/mol. The second-order valence-corrected chi connectivity index (χ2v) is 7.65. The normalized spacial score (nSPS) is 16.8. The molecule has 26 heavy (non-hydrogen) atoms. The number of nitrogens with zero attached hydrogens (tertiary/aromatic N) is 2. The summed E-state index contributed by atoms with van der Waals surface area (Å²) < 4.78 is 6.62. The third kappa shape index (κ3) is 2.99. The molecule has 1 fully saturated rings. The van der Waals surface area contributed by atoms with E-state index in [1.54, 1.807) is 22.8 Å². The van der Waals surface area contributed by atoms with E-state index >= 15 is 0 Å². The summed E-state index contributed by atoms with van der Waals surface area (Å²) in [7, 11) is 0. The largest absolute Gasteiger partial charge is 0.465 e. The molecule has 1 aliphatic heterocycles. The van der Waals surface area contributed by atoms with Gasteiger partial charge in [-0.3, -0.25) is 14.2 Å². The predicted molar refractivity (Wildman–Crippen MR) is 102 cm³/mol. The molecule has 1 aromatic heterocycles. The number of hydrogen-bond donors (Lipinski definition) is 0. The predicted octanol–water partition coefficient (Wildman–Crippen LogP) is 3.76. The molecule has 1 saturated heterocycles. The maximum Gasteiger partial charge on any atom is 0.319 e. The van der Waals surface area contributed by atoms with Crippen LogP contribution < -0.4 is 5.56 Å². The van der Waals surface area contributed by atoms with Crippen LogP contribution in [-0.4, -0.2) is 27.4 Å². The Hall–Kier alpha value is -2.31. The van der Waals surface area contributed by atoms with E-state index in [1.807, 2.05) is 31.2 Å². The van der Waals surface area contributed by atoms with Gasteiger partial charge in [-0.25, -0.2) is 4.98 Å². The Bertz CT molecular complexity index is 1080. The summed E-state index contributed by atoms with van der Waals surface area (Å²) in [5.74, 6) is -0.272. The summed E-state index contributed by atoms with van der Waals surface area (Å²) >= 11 is 7.33. The molecule has 3 aromatic rings. The van der Waals surface area contributed by atoms with Crippen molar-refractivity contribution >= 4 is 40.2 Å². The van der Waals surface area contributed by atoms with Gasteiger partial charge in [0.15, 0.2) is 5.16 Å². The molecule has 0 bridgehead atoms. The number of benzene rings is 2. The highest BCUT2D eigenvalue weighted by atomic mass is 35.5. The average Bonchev–Trinajstić information content (AvgIpc) is 3.01. The van der Waals surface area contributed by atoms with Crippen molar-refractivity contribution in [3.63, 3.8) is 0 Å². The number of carbonyl (C=O) groups is 1. The van der Waals surface area contributed by atoms with Gasteiger partial charge in [-0.2, -0.15) is 0 Å². The molecule has 5 nitrogen and oxygen atoms in total. The van der Waals surface area contributed by atoms with Crippen molar-refractivity contribution in [3.05, 3.63) is 63.4 Å². The lowest BCUT2D eigenvalue weighted by Crippen LogP contribution is -2.24. The molecule has 2 heterocycles. The van der Waals surface area contributed by atoms with Crippen LogP contribution in [0.15, 0.2) is 52.4 Å². The summed E-state index contributed by atoms with van der Waals surface area (Å²) in [4.78, 5) is 29.8. The highest BCUT2D eigenvalue weighted by Gasteiger charge is 2.30. The minimum Gasteiger partial charge on any atom is -0.465 e. The first kappa shape index (κ1) is 17.1. The Morgan fingerprint density at radius 3 is 2.77 bits per heavy atom. The fraction of sp³-hybridized carbons (Fsp3) is 0.211. The van der Waals surface area contributed by atoms with E-state index in [0.717, 1.165) is 11.3 Å². The van der Waals surface area contributed by atoms with Crippen LogP contribution in [0.1, 0.15) is 12.0 Å². The molecule has 0 unspecified atom stereocenters. The highest BCUT2D eigenvalue weighted by molar-refractivity contribution is 8.00. The lowest BCUT2D eigenvalue weighted by Gasteiger charge is -2.16. The molecule has 1 atom stereocenters. The van der Waals surface area contributed by atoms with Crippen molar-refractivity contribution in [1.29, 1.82) is 0 Å². The third-order valence-corrected chi connectivity index (χ3v) is 5.72. The number of esters is 1. The van der Waals surface area contributed by atoms with Crippen molar-refractivity contribution in [2.75, 3.05) is 6.61 Å². The van der Waals surface area contributed by atoms with Crippen LogP contribution in [0.3, 0.4) is 0 Å². The van der Waals surface area contributed by atoms with Gasteiger partial charge in [0.2, 0.25) is 0 Å². The summed E-state index contributed by atoms with van der Waals surface area (Å²) in [5.41, 5.74) is 2.02. The van der Waals surface area contributed by atoms with Crippen LogP contribution in [-0.2, 0) is 9.53 Å². The summed E-state index contributed by atoms with van der Waals surface area (Å²) in [6.07, 6.45) is 0.598. The number of thioether (sulfide) groups is 1. The van der Waals surface area contributed by atoms with Crippen molar-refractivity contribution < 1.29 is 9.53 Å². The number of aromatic nitrogens is 2. The number of fused-ring (bicyclic) bond motifs is 1. The van der Waals surface area contributed by atoms with E-state index in [2.05, 4.69) is 4.98 Å². The van der Waals surface area contributed by atoms with Crippen LogP contribution >= 0.6 is 23.4 Å². The van der Waals surface area contributed by atoms with Crippen LogP contribution in [0.25, 0.3) is 16.6 Å². The monoisotopic (exact) mass is 386 g/mol. The molecule has 7 heteroatoms. The Morgan fingerprint density at radius 2 is 2.04 bits per heavy atom. The lowest BCUT2D eigenvalue weighted by molar-refractivity contribution is -0.137. The molecule has 0 spiro atoms. The van der Waals surface area contributed by atoms with Gasteiger partial charge in [0.05, 0.1) is 23.2 Å². The molecular formula is C19H15ClN2O3S. The molecule has 132 valence electrons. The maximum atomic E-state index is 13.2. The number of para-hydroxylation sites is 1. The van der Waals surface area contributed by atoms with Gasteiger partial charge in [0.1, 0.15) is 5.25 Å². The van der Waals surface area contributed by atoms with E-state index in [9.17, 15) is 9.59 Å². The van der Waals surface area contributed by atoms with Gasteiger partial charge >= 0.3 is 5.97 Å². The Balaban J connectivity index is 1.97. The fourth-order valence-corrected chi connectivity index (χ4v) is 4.19. The number of hydrogen-bond acceptors (Lipinski definition) is 5. The Kier molecular flexibility index (Phi) is 4.46. The van der Waals surface area contributed by atoms with E-state index in [4.69, 9.17) is 16.3 Å². The molecule has 2 aromatic carbocycles. The zero-order valence-electron chi connectivity index (χ0n) is 13.9. The van der Waals surface area contributed by atoms with Crippen LogP contribution in [0, 0.1) is 6.92 Å². The number of rotatable bonds is 3. The number of aryl methyl sites for hydroxylation is 1. The van der Waals surface area contributed by atoms with Gasteiger partial charge in [-0.15, -0.1) is 0 Å². The topological polar surface area (TPSA) is 61.2 Å². The molecule has 0 radical (unpaired) electrons. The second kappa shape index (κ2) is 6.78. The fourth-order valence-electron chi connectivity index (χ4n) is 2.96. The minimum absolute atomic E-state index is 0.185. The maximum absolute atomic E-state index is 13.2. The van der Waals surface area contributed by atoms with Crippen LogP contribution in [0.2, 0.25) is 5.02 Å². The highest BCUT2D eigenvalue weighted by Crippen LogP contribution is 2.31. The van der Waals surface area contributed by atoms with E-state index < -0.39 is 0 Å². The lowest BCUT2D eigenvalue weighted by atomic mass is 10.2. The standard InChI is InChI=1S/C19H15ClN2O3S/c1-11-4-2-3-5-15(11)22-17(23)13-7-6-12(20)10-14(13)21-19(22)26-16-8-9-25-18(16)24/h2-7,10,16H,8-9H2,1H3/t16-/m1/s1. The Labute approximate surface area is 159 Å². The molecule has 0 aliphatic carbocycles. The van der Waals surface area contributed by atoms with E-state index in [0.29, 0.717) is 34.1 Å². The van der Waals surface area contributed by atoms with Gasteiger partial charge in [0.25, 0.3) is 5.56 Å². The van der Waals surface area contributed by atoms with Gasteiger partial charge in [-0.1, -0.05) is 41.6 Å². The molecule has 4 rings (SSSR count). The molecule has 0 amide bonds. The van der Waals surface area contributed by atoms with Crippen molar-refractivity contribution in [3.8, 4) is 5.69 Å². The number of halogens is 1. The first-order valence-electron chi connectivity index (χ1n) is 8.16. The van der Waals surface area contributed by atoms with Crippen molar-refractivity contribution in [2.24, 2.45) is 0 Å².